The summed E-state index contributed by atoms with van der Waals surface area (Å²) in [5.74, 6) is 0. The largest absolute Gasteiger partial charge is 0.312 e. The number of benzene rings is 1. The van der Waals surface area contributed by atoms with Crippen LogP contribution in [0, 0.1) is 10.1 Å². The minimum Gasteiger partial charge on any atom is -0.312 e. The number of rotatable bonds is 3. The molecular weight excluding hydrogens is 298 g/mol. The van der Waals surface area contributed by atoms with Gasteiger partial charge in [0.15, 0.2) is 0 Å². The van der Waals surface area contributed by atoms with Crippen LogP contribution >= 0.6 is 15.9 Å². The molecule has 0 radical (unpaired) electrons. The van der Waals surface area contributed by atoms with E-state index in [2.05, 4.69) is 33.1 Å². The molecule has 1 saturated heterocycles. The molecule has 98 valence electrons. The van der Waals surface area contributed by atoms with Crippen molar-refractivity contribution >= 4 is 21.6 Å². The average molecular weight is 314 g/mol. The van der Waals surface area contributed by atoms with Gasteiger partial charge in [-0.3, -0.25) is 15.0 Å². The molecule has 1 aliphatic rings. The number of nitrogens with one attached hydrogen (secondary N) is 1. The zero-order valence-electron chi connectivity index (χ0n) is 10.2. The third kappa shape index (κ3) is 3.51. The van der Waals surface area contributed by atoms with Crippen LogP contribution in [0.15, 0.2) is 22.7 Å². The van der Waals surface area contributed by atoms with E-state index in [4.69, 9.17) is 0 Å². The molecule has 1 aromatic rings. The first-order valence-corrected chi connectivity index (χ1v) is 6.73. The molecule has 0 aromatic heterocycles. The molecule has 1 aliphatic heterocycles. The van der Waals surface area contributed by atoms with E-state index in [1.807, 2.05) is 6.07 Å². The number of piperazine rings is 1. The zero-order chi connectivity index (χ0) is 13.1. The number of halogens is 1. The van der Waals surface area contributed by atoms with Gasteiger partial charge in [0.05, 0.1) is 4.92 Å². The van der Waals surface area contributed by atoms with E-state index in [1.54, 1.807) is 6.07 Å². The Balaban J connectivity index is 2.10. The Labute approximate surface area is 114 Å². The van der Waals surface area contributed by atoms with Gasteiger partial charge in [-0.15, -0.1) is 0 Å². The summed E-state index contributed by atoms with van der Waals surface area (Å²) in [5.41, 5.74) is 1.12. The van der Waals surface area contributed by atoms with Crippen molar-refractivity contribution in [2.75, 3.05) is 19.6 Å². The fraction of sp³-hybridized carbons (Fsp3) is 0.500. The molecule has 18 heavy (non-hydrogen) atoms. The smallest absolute Gasteiger partial charge is 0.270 e. The van der Waals surface area contributed by atoms with Crippen molar-refractivity contribution in [3.8, 4) is 0 Å². The lowest BCUT2D eigenvalue weighted by atomic mass is 10.1. The first-order valence-electron chi connectivity index (χ1n) is 5.94. The summed E-state index contributed by atoms with van der Waals surface area (Å²) in [7, 11) is 0. The van der Waals surface area contributed by atoms with E-state index in [0.717, 1.165) is 36.2 Å². The minimum atomic E-state index is -0.353. The number of non-ortho nitro benzene ring substituents is 1. The highest BCUT2D eigenvalue weighted by atomic mass is 79.9. The Kier molecular flexibility index (Phi) is 4.31. The predicted octanol–water partition coefficient (Wildman–Crippen LogP) is 2.15. The molecule has 0 unspecified atom stereocenters. The molecule has 1 aromatic carbocycles. The molecule has 1 N–H and O–H groups in total. The SMILES string of the molecule is C[C@@H]1CN(Cc2cc(Br)cc([N+](=O)[O-])c2)CCN1. The molecule has 1 fully saturated rings. The second-order valence-corrected chi connectivity index (χ2v) is 5.58. The summed E-state index contributed by atoms with van der Waals surface area (Å²) in [4.78, 5) is 12.8. The maximum atomic E-state index is 10.8. The summed E-state index contributed by atoms with van der Waals surface area (Å²) in [6.07, 6.45) is 0. The van der Waals surface area contributed by atoms with Crippen molar-refractivity contribution in [2.24, 2.45) is 0 Å². The van der Waals surface area contributed by atoms with Gasteiger partial charge in [-0.05, 0) is 18.6 Å². The maximum Gasteiger partial charge on any atom is 0.270 e. The summed E-state index contributed by atoms with van der Waals surface area (Å²) in [6.45, 7) is 5.82. The van der Waals surface area contributed by atoms with Crippen molar-refractivity contribution in [3.63, 3.8) is 0 Å². The molecule has 0 bridgehead atoms. The standard InChI is InChI=1S/C12H16BrN3O2/c1-9-7-15(3-2-14-9)8-10-4-11(13)6-12(5-10)16(17)18/h4-6,9,14H,2-3,7-8H2,1H3/t9-/m1/s1. The molecule has 1 atom stereocenters. The Morgan fingerprint density at radius 2 is 2.33 bits per heavy atom. The lowest BCUT2D eigenvalue weighted by molar-refractivity contribution is -0.385. The normalized spacial score (nSPS) is 20.9. The van der Waals surface area contributed by atoms with Crippen molar-refractivity contribution < 1.29 is 4.92 Å². The van der Waals surface area contributed by atoms with E-state index in [-0.39, 0.29) is 10.6 Å². The number of nitro groups is 1. The Morgan fingerprint density at radius 3 is 3.00 bits per heavy atom. The lowest BCUT2D eigenvalue weighted by Gasteiger charge is -2.31. The van der Waals surface area contributed by atoms with Crippen molar-refractivity contribution in [3.05, 3.63) is 38.3 Å². The number of nitro benzene ring substituents is 1. The average Bonchev–Trinajstić information content (AvgIpc) is 2.28. The monoisotopic (exact) mass is 313 g/mol. The molecule has 0 amide bonds. The van der Waals surface area contributed by atoms with Gasteiger partial charge in [0.1, 0.15) is 0 Å². The first kappa shape index (κ1) is 13.5. The zero-order valence-corrected chi connectivity index (χ0v) is 11.8. The van der Waals surface area contributed by atoms with Crippen molar-refractivity contribution in [1.82, 2.24) is 10.2 Å². The van der Waals surface area contributed by atoms with Gasteiger partial charge in [-0.1, -0.05) is 15.9 Å². The van der Waals surface area contributed by atoms with Gasteiger partial charge < -0.3 is 5.32 Å². The Hall–Kier alpha value is -0.980. The van der Waals surface area contributed by atoms with Gasteiger partial charge in [-0.25, -0.2) is 0 Å². The Bertz CT molecular complexity index is 453. The first-order chi connectivity index (χ1) is 8.54. The molecule has 0 spiro atoms. The van der Waals surface area contributed by atoms with Gasteiger partial charge in [0, 0.05) is 48.8 Å². The van der Waals surface area contributed by atoms with Crippen LogP contribution in [-0.4, -0.2) is 35.5 Å². The van der Waals surface area contributed by atoms with Gasteiger partial charge >= 0.3 is 0 Å². The summed E-state index contributed by atoms with van der Waals surface area (Å²) in [5, 5.41) is 14.2. The van der Waals surface area contributed by atoms with E-state index < -0.39 is 0 Å². The second kappa shape index (κ2) is 5.77. The van der Waals surface area contributed by atoms with E-state index in [0.29, 0.717) is 6.04 Å². The van der Waals surface area contributed by atoms with Crippen LogP contribution in [0.3, 0.4) is 0 Å². The topological polar surface area (TPSA) is 58.4 Å². The van der Waals surface area contributed by atoms with Crippen LogP contribution in [-0.2, 0) is 6.54 Å². The molecule has 5 nitrogen and oxygen atoms in total. The van der Waals surface area contributed by atoms with Crippen LogP contribution in [0.1, 0.15) is 12.5 Å². The van der Waals surface area contributed by atoms with Crippen LogP contribution in [0.4, 0.5) is 5.69 Å². The highest BCUT2D eigenvalue weighted by Gasteiger charge is 2.17. The van der Waals surface area contributed by atoms with Gasteiger partial charge in [0.2, 0.25) is 0 Å². The second-order valence-electron chi connectivity index (χ2n) is 4.67. The quantitative estimate of drug-likeness (QED) is 0.686. The summed E-state index contributed by atoms with van der Waals surface area (Å²) in [6, 6.07) is 5.60. The van der Waals surface area contributed by atoms with Crippen molar-refractivity contribution in [2.45, 2.75) is 19.5 Å². The molecule has 1 heterocycles. The highest BCUT2D eigenvalue weighted by molar-refractivity contribution is 9.10. The molecule has 0 saturated carbocycles. The molecular formula is C12H16BrN3O2. The van der Waals surface area contributed by atoms with Crippen LogP contribution < -0.4 is 5.32 Å². The molecule has 6 heteroatoms. The van der Waals surface area contributed by atoms with Gasteiger partial charge in [0.25, 0.3) is 5.69 Å². The number of hydrogen-bond acceptors (Lipinski definition) is 4. The van der Waals surface area contributed by atoms with E-state index in [9.17, 15) is 10.1 Å². The van der Waals surface area contributed by atoms with Gasteiger partial charge in [-0.2, -0.15) is 0 Å². The van der Waals surface area contributed by atoms with Crippen LogP contribution in [0.5, 0.6) is 0 Å². The predicted molar refractivity (Wildman–Crippen MR) is 73.5 cm³/mol. The van der Waals surface area contributed by atoms with Crippen LogP contribution in [0.2, 0.25) is 0 Å². The van der Waals surface area contributed by atoms with Crippen molar-refractivity contribution in [1.29, 1.82) is 0 Å². The van der Waals surface area contributed by atoms with E-state index >= 15 is 0 Å². The van der Waals surface area contributed by atoms with E-state index in [1.165, 1.54) is 6.07 Å². The number of hydrogen-bond donors (Lipinski definition) is 1. The fourth-order valence-electron chi connectivity index (χ4n) is 2.24. The Morgan fingerprint density at radius 1 is 1.56 bits per heavy atom. The number of nitrogens with zero attached hydrogens (tertiary/aromatic N) is 2. The molecule has 0 aliphatic carbocycles. The third-order valence-corrected chi connectivity index (χ3v) is 3.47. The molecule has 2 rings (SSSR count). The summed E-state index contributed by atoms with van der Waals surface area (Å²) < 4.78 is 0.759. The maximum absolute atomic E-state index is 10.8. The highest BCUT2D eigenvalue weighted by Crippen LogP contribution is 2.22. The summed E-state index contributed by atoms with van der Waals surface area (Å²) >= 11 is 3.32. The minimum absolute atomic E-state index is 0.141. The van der Waals surface area contributed by atoms with Crippen LogP contribution in [0.25, 0.3) is 0 Å². The fourth-order valence-corrected chi connectivity index (χ4v) is 2.77. The third-order valence-electron chi connectivity index (χ3n) is 3.01. The lowest BCUT2D eigenvalue weighted by Crippen LogP contribution is -2.48.